The van der Waals surface area contributed by atoms with Crippen molar-refractivity contribution in [2.45, 2.75) is 6.92 Å². The lowest BCUT2D eigenvalue weighted by molar-refractivity contribution is 0.101. The second kappa shape index (κ2) is 3.00. The largest absolute Gasteiger partial charge is 0.383 e. The van der Waals surface area contributed by atoms with Crippen LogP contribution in [0.5, 0.6) is 0 Å². The lowest BCUT2D eigenvalue weighted by atomic mass is 10.2. The van der Waals surface area contributed by atoms with Gasteiger partial charge in [-0.25, -0.2) is 4.98 Å². The number of aromatic nitrogens is 1. The van der Waals surface area contributed by atoms with E-state index in [1.165, 1.54) is 6.92 Å². The number of halogens is 1. The van der Waals surface area contributed by atoms with Crippen LogP contribution in [-0.4, -0.2) is 10.8 Å². The molecule has 2 N–H and O–H groups in total. The second-order valence-corrected chi connectivity index (χ2v) is 3.06. The number of rotatable bonds is 1. The van der Waals surface area contributed by atoms with Crippen molar-refractivity contribution in [1.82, 2.24) is 4.98 Å². The molecule has 0 aliphatic heterocycles. The first-order valence-corrected chi connectivity index (χ1v) is 3.82. The SMILES string of the molecule is CC(=O)c1cc(Br)cnc1N. The molecule has 0 radical (unpaired) electrons. The van der Waals surface area contributed by atoms with Crippen LogP contribution in [-0.2, 0) is 0 Å². The number of hydrogen-bond acceptors (Lipinski definition) is 3. The molecule has 3 nitrogen and oxygen atoms in total. The number of Topliss-reactive ketones (excluding diaryl/α,β-unsaturated/α-hetero) is 1. The molecule has 1 rings (SSSR count). The third-order valence-corrected chi connectivity index (χ3v) is 1.70. The second-order valence-electron chi connectivity index (χ2n) is 2.14. The first kappa shape index (κ1) is 8.20. The van der Waals surface area contributed by atoms with Crippen LogP contribution in [0.1, 0.15) is 17.3 Å². The summed E-state index contributed by atoms with van der Waals surface area (Å²) in [5.41, 5.74) is 5.90. The van der Waals surface area contributed by atoms with Crippen molar-refractivity contribution in [3.8, 4) is 0 Å². The molecule has 0 aromatic carbocycles. The van der Waals surface area contributed by atoms with Gasteiger partial charge in [-0.05, 0) is 28.9 Å². The number of ketones is 1. The van der Waals surface area contributed by atoms with Crippen molar-refractivity contribution < 1.29 is 4.79 Å². The average molecular weight is 215 g/mol. The highest BCUT2D eigenvalue weighted by atomic mass is 79.9. The fourth-order valence-corrected chi connectivity index (χ4v) is 1.06. The van der Waals surface area contributed by atoms with Gasteiger partial charge in [-0.2, -0.15) is 0 Å². The van der Waals surface area contributed by atoms with Gasteiger partial charge in [0.05, 0.1) is 5.56 Å². The Hall–Kier alpha value is -0.900. The molecule has 1 aromatic heterocycles. The third kappa shape index (κ3) is 1.77. The maximum atomic E-state index is 10.9. The van der Waals surface area contributed by atoms with Gasteiger partial charge in [-0.1, -0.05) is 0 Å². The van der Waals surface area contributed by atoms with Crippen LogP contribution >= 0.6 is 15.9 Å². The Morgan fingerprint density at radius 3 is 2.82 bits per heavy atom. The molecule has 1 aromatic rings. The summed E-state index contributed by atoms with van der Waals surface area (Å²) in [6.45, 7) is 1.46. The molecule has 0 aliphatic rings. The zero-order valence-electron chi connectivity index (χ0n) is 5.97. The van der Waals surface area contributed by atoms with Gasteiger partial charge < -0.3 is 5.73 Å². The first-order chi connectivity index (χ1) is 5.11. The number of nitrogens with zero attached hydrogens (tertiary/aromatic N) is 1. The van der Waals surface area contributed by atoms with Crippen LogP contribution in [0.25, 0.3) is 0 Å². The van der Waals surface area contributed by atoms with Crippen LogP contribution in [0.4, 0.5) is 5.82 Å². The molecular formula is C7H7BrN2O. The Morgan fingerprint density at radius 1 is 1.73 bits per heavy atom. The topological polar surface area (TPSA) is 56.0 Å². The Kier molecular flexibility index (Phi) is 2.24. The quantitative estimate of drug-likeness (QED) is 0.724. The number of carbonyl (C=O) groups excluding carboxylic acids is 1. The van der Waals surface area contributed by atoms with Crippen molar-refractivity contribution in [1.29, 1.82) is 0 Å². The molecule has 0 atom stereocenters. The van der Waals surface area contributed by atoms with E-state index in [-0.39, 0.29) is 11.6 Å². The van der Waals surface area contributed by atoms with E-state index in [1.54, 1.807) is 12.3 Å². The summed E-state index contributed by atoms with van der Waals surface area (Å²) >= 11 is 3.19. The Morgan fingerprint density at radius 2 is 2.36 bits per heavy atom. The highest BCUT2D eigenvalue weighted by molar-refractivity contribution is 9.10. The lowest BCUT2D eigenvalue weighted by Crippen LogP contribution is -2.01. The van der Waals surface area contributed by atoms with Gasteiger partial charge in [0.1, 0.15) is 5.82 Å². The van der Waals surface area contributed by atoms with E-state index in [9.17, 15) is 4.79 Å². The van der Waals surface area contributed by atoms with Crippen molar-refractivity contribution >= 4 is 27.5 Å². The van der Waals surface area contributed by atoms with Crippen LogP contribution < -0.4 is 5.73 Å². The summed E-state index contributed by atoms with van der Waals surface area (Å²) in [5, 5.41) is 0. The predicted molar refractivity (Wildman–Crippen MR) is 46.4 cm³/mol. The molecule has 0 unspecified atom stereocenters. The van der Waals surface area contributed by atoms with E-state index >= 15 is 0 Å². The lowest BCUT2D eigenvalue weighted by Gasteiger charge is -1.99. The summed E-state index contributed by atoms with van der Waals surface area (Å²) in [5.74, 6) is 0.206. The maximum absolute atomic E-state index is 10.9. The summed E-state index contributed by atoms with van der Waals surface area (Å²) in [7, 11) is 0. The predicted octanol–water partition coefficient (Wildman–Crippen LogP) is 1.63. The van der Waals surface area contributed by atoms with E-state index < -0.39 is 0 Å². The molecule has 0 bridgehead atoms. The smallest absolute Gasteiger partial charge is 0.163 e. The average Bonchev–Trinajstić information content (AvgIpc) is 1.94. The van der Waals surface area contributed by atoms with E-state index in [0.29, 0.717) is 5.56 Å². The Bertz CT molecular complexity index is 298. The minimum absolute atomic E-state index is 0.0729. The summed E-state index contributed by atoms with van der Waals surface area (Å²) in [4.78, 5) is 14.7. The summed E-state index contributed by atoms with van der Waals surface area (Å²) < 4.78 is 0.761. The first-order valence-electron chi connectivity index (χ1n) is 3.03. The number of anilines is 1. The minimum Gasteiger partial charge on any atom is -0.383 e. The van der Waals surface area contributed by atoms with Crippen molar-refractivity contribution in [3.63, 3.8) is 0 Å². The maximum Gasteiger partial charge on any atom is 0.163 e. The fraction of sp³-hybridized carbons (Fsp3) is 0.143. The monoisotopic (exact) mass is 214 g/mol. The van der Waals surface area contributed by atoms with Crippen molar-refractivity contribution in [2.24, 2.45) is 0 Å². The highest BCUT2D eigenvalue weighted by Crippen LogP contribution is 2.15. The molecule has 0 fully saturated rings. The standard InChI is InChI=1S/C7H7BrN2O/c1-4(11)6-2-5(8)3-10-7(6)9/h2-3H,1H3,(H2,9,10). The molecule has 58 valence electrons. The molecular weight excluding hydrogens is 208 g/mol. The zero-order valence-corrected chi connectivity index (χ0v) is 7.55. The van der Waals surface area contributed by atoms with Gasteiger partial charge in [-0.15, -0.1) is 0 Å². The summed E-state index contributed by atoms with van der Waals surface area (Å²) in [6, 6.07) is 1.66. The molecule has 4 heteroatoms. The fourth-order valence-electron chi connectivity index (χ4n) is 0.732. The number of nitrogen functional groups attached to an aromatic ring is 1. The zero-order chi connectivity index (χ0) is 8.43. The number of hydrogen-bond donors (Lipinski definition) is 1. The van der Waals surface area contributed by atoms with E-state index in [1.807, 2.05) is 0 Å². The Labute approximate surface area is 72.7 Å². The van der Waals surface area contributed by atoms with Crippen LogP contribution in [0.3, 0.4) is 0 Å². The van der Waals surface area contributed by atoms with Gasteiger partial charge in [0.15, 0.2) is 5.78 Å². The number of pyridine rings is 1. The molecule has 0 saturated heterocycles. The van der Waals surface area contributed by atoms with E-state index in [4.69, 9.17) is 5.73 Å². The Balaban J connectivity index is 3.23. The minimum atomic E-state index is -0.0729. The van der Waals surface area contributed by atoms with Gasteiger partial charge in [0, 0.05) is 10.7 Å². The third-order valence-electron chi connectivity index (χ3n) is 1.26. The van der Waals surface area contributed by atoms with Gasteiger partial charge in [-0.3, -0.25) is 4.79 Å². The molecule has 0 spiro atoms. The van der Waals surface area contributed by atoms with Crippen LogP contribution in [0.15, 0.2) is 16.7 Å². The van der Waals surface area contributed by atoms with Crippen LogP contribution in [0, 0.1) is 0 Å². The van der Waals surface area contributed by atoms with Gasteiger partial charge in [0.25, 0.3) is 0 Å². The number of carbonyl (C=O) groups is 1. The van der Waals surface area contributed by atoms with E-state index in [2.05, 4.69) is 20.9 Å². The molecule has 0 amide bonds. The van der Waals surface area contributed by atoms with Crippen molar-refractivity contribution in [3.05, 3.63) is 22.3 Å². The normalized spacial score (nSPS) is 9.64. The molecule has 11 heavy (non-hydrogen) atoms. The number of nitrogens with two attached hydrogens (primary N) is 1. The van der Waals surface area contributed by atoms with Crippen LogP contribution in [0.2, 0.25) is 0 Å². The summed E-state index contributed by atoms with van der Waals surface area (Å²) in [6.07, 6.45) is 1.56. The molecule has 1 heterocycles. The van der Waals surface area contributed by atoms with E-state index in [0.717, 1.165) is 4.47 Å². The molecule has 0 saturated carbocycles. The van der Waals surface area contributed by atoms with Gasteiger partial charge >= 0.3 is 0 Å². The van der Waals surface area contributed by atoms with Crippen molar-refractivity contribution in [2.75, 3.05) is 5.73 Å². The highest BCUT2D eigenvalue weighted by Gasteiger charge is 2.05. The molecule has 0 aliphatic carbocycles. The van der Waals surface area contributed by atoms with Gasteiger partial charge in [0.2, 0.25) is 0 Å².